The zero-order valence-corrected chi connectivity index (χ0v) is 7.53. The third-order valence-electron chi connectivity index (χ3n) is 1.73. The first-order valence-electron chi connectivity index (χ1n) is 4.10. The lowest BCUT2D eigenvalue weighted by Crippen LogP contribution is -1.91. The van der Waals surface area contributed by atoms with Crippen molar-refractivity contribution in [2.24, 2.45) is 4.99 Å². The monoisotopic (exact) mass is 158 g/mol. The lowest BCUT2D eigenvalue weighted by Gasteiger charge is -2.07. The fourth-order valence-electron chi connectivity index (χ4n) is 1.09. The van der Waals surface area contributed by atoms with Gasteiger partial charge >= 0.3 is 0 Å². The fourth-order valence-corrected chi connectivity index (χ4v) is 2.76. The SMILES string of the molecule is CCCCC[SH]1[C]=NCC1. The van der Waals surface area contributed by atoms with Gasteiger partial charge in [0.05, 0.1) is 0 Å². The van der Waals surface area contributed by atoms with Crippen LogP contribution < -0.4 is 0 Å². The molecule has 0 aliphatic carbocycles. The maximum absolute atomic E-state index is 4.12. The number of hydrogen-bond acceptors (Lipinski definition) is 1. The summed E-state index contributed by atoms with van der Waals surface area (Å²) in [6, 6.07) is 0. The molecule has 0 amide bonds. The second-order valence-corrected chi connectivity index (χ2v) is 4.85. The number of rotatable bonds is 4. The van der Waals surface area contributed by atoms with E-state index >= 15 is 0 Å². The largest absolute Gasteiger partial charge is 0.277 e. The summed E-state index contributed by atoms with van der Waals surface area (Å²) < 4.78 is 0. The zero-order chi connectivity index (χ0) is 7.23. The van der Waals surface area contributed by atoms with Crippen molar-refractivity contribution >= 4 is 16.4 Å². The average molecular weight is 158 g/mol. The van der Waals surface area contributed by atoms with Crippen LogP contribution in [0.4, 0.5) is 0 Å². The van der Waals surface area contributed by atoms with Gasteiger partial charge in [-0.15, -0.1) is 0 Å². The van der Waals surface area contributed by atoms with Crippen LogP contribution in [-0.4, -0.2) is 23.6 Å². The van der Waals surface area contributed by atoms with Gasteiger partial charge in [0.2, 0.25) is 0 Å². The average Bonchev–Trinajstić information content (AvgIpc) is 2.41. The summed E-state index contributed by atoms with van der Waals surface area (Å²) in [6.07, 6.45) is 4.12. The van der Waals surface area contributed by atoms with Gasteiger partial charge in [-0.05, 0) is 17.9 Å². The highest BCUT2D eigenvalue weighted by molar-refractivity contribution is 8.28. The van der Waals surface area contributed by atoms with Crippen LogP contribution in [0.15, 0.2) is 4.99 Å². The van der Waals surface area contributed by atoms with Gasteiger partial charge < -0.3 is 0 Å². The first-order chi connectivity index (χ1) is 4.93. The Morgan fingerprint density at radius 1 is 1.50 bits per heavy atom. The summed E-state index contributed by atoms with van der Waals surface area (Å²) in [5, 5.41) is 0. The first-order valence-corrected chi connectivity index (χ1v) is 5.82. The van der Waals surface area contributed by atoms with E-state index in [-0.39, 0.29) is 10.9 Å². The van der Waals surface area contributed by atoms with Crippen LogP contribution in [-0.2, 0) is 0 Å². The predicted octanol–water partition coefficient (Wildman–Crippen LogP) is 2.10. The van der Waals surface area contributed by atoms with E-state index in [9.17, 15) is 0 Å². The Labute approximate surface area is 66.3 Å². The number of hydrogen-bond donors (Lipinski definition) is 1. The second-order valence-electron chi connectivity index (χ2n) is 2.68. The van der Waals surface area contributed by atoms with Gasteiger partial charge in [-0.25, -0.2) is 10.9 Å². The maximum Gasteiger partial charge on any atom is 0.101 e. The van der Waals surface area contributed by atoms with Crippen LogP contribution in [0.1, 0.15) is 26.2 Å². The van der Waals surface area contributed by atoms with Crippen molar-refractivity contribution in [2.75, 3.05) is 18.1 Å². The first kappa shape index (κ1) is 8.12. The quantitative estimate of drug-likeness (QED) is 0.475. The van der Waals surface area contributed by atoms with Crippen molar-refractivity contribution in [1.82, 2.24) is 0 Å². The van der Waals surface area contributed by atoms with Gasteiger partial charge in [-0.3, -0.25) is 4.99 Å². The number of thiol groups is 1. The van der Waals surface area contributed by atoms with Crippen LogP contribution in [0.25, 0.3) is 0 Å². The van der Waals surface area contributed by atoms with Gasteiger partial charge in [0.25, 0.3) is 0 Å². The van der Waals surface area contributed by atoms with E-state index in [2.05, 4.69) is 17.5 Å². The van der Waals surface area contributed by atoms with Crippen molar-refractivity contribution in [3.05, 3.63) is 0 Å². The van der Waals surface area contributed by atoms with Gasteiger partial charge in [0.1, 0.15) is 5.55 Å². The Kier molecular flexibility index (Phi) is 3.88. The Morgan fingerprint density at radius 2 is 2.40 bits per heavy atom. The highest BCUT2D eigenvalue weighted by Gasteiger charge is 2.05. The second kappa shape index (κ2) is 4.78. The molecule has 1 atom stereocenters. The van der Waals surface area contributed by atoms with Gasteiger partial charge in [-0.2, -0.15) is 0 Å². The molecule has 1 aliphatic heterocycles. The summed E-state index contributed by atoms with van der Waals surface area (Å²) in [7, 11) is 0.127. The Balaban J connectivity index is 1.97. The topological polar surface area (TPSA) is 12.4 Å². The molecule has 10 heavy (non-hydrogen) atoms. The number of unbranched alkanes of at least 4 members (excludes halogenated alkanes) is 2. The molecule has 0 aromatic carbocycles. The van der Waals surface area contributed by atoms with Gasteiger partial charge in [-0.1, -0.05) is 19.8 Å². The standard InChI is InChI=1S/C8H16NS/c1-2-3-4-6-10-7-5-9-8-10/h10H,2-7H2,1H3. The van der Waals surface area contributed by atoms with E-state index in [1.807, 2.05) is 0 Å². The van der Waals surface area contributed by atoms with E-state index in [1.165, 1.54) is 30.8 Å². The van der Waals surface area contributed by atoms with Gasteiger partial charge in [0, 0.05) is 6.54 Å². The summed E-state index contributed by atoms with van der Waals surface area (Å²) in [5.74, 6) is 2.70. The molecule has 1 heterocycles. The van der Waals surface area contributed by atoms with Crippen molar-refractivity contribution in [1.29, 1.82) is 0 Å². The molecule has 0 bridgehead atoms. The van der Waals surface area contributed by atoms with Crippen LogP contribution in [0.3, 0.4) is 0 Å². The van der Waals surface area contributed by atoms with Crippen LogP contribution in [0, 0.1) is 0 Å². The number of nitrogens with zero attached hydrogens (tertiary/aromatic N) is 1. The highest BCUT2D eigenvalue weighted by Crippen LogP contribution is 2.26. The van der Waals surface area contributed by atoms with Crippen molar-refractivity contribution < 1.29 is 0 Å². The molecule has 1 rings (SSSR count). The van der Waals surface area contributed by atoms with Crippen molar-refractivity contribution in [3.8, 4) is 0 Å². The van der Waals surface area contributed by atoms with Crippen molar-refractivity contribution in [2.45, 2.75) is 26.2 Å². The van der Waals surface area contributed by atoms with Crippen LogP contribution in [0.5, 0.6) is 0 Å². The number of aliphatic imine (C=N–C) groups is 1. The molecule has 2 heteroatoms. The lowest BCUT2D eigenvalue weighted by molar-refractivity contribution is 0.778. The minimum atomic E-state index is 0.127. The fraction of sp³-hybridized carbons (Fsp3) is 0.875. The molecule has 1 radical (unpaired) electrons. The predicted molar refractivity (Wildman–Crippen MR) is 50.5 cm³/mol. The van der Waals surface area contributed by atoms with Crippen LogP contribution in [0.2, 0.25) is 0 Å². The Hall–Kier alpha value is 0.0200. The van der Waals surface area contributed by atoms with Crippen LogP contribution >= 0.6 is 10.9 Å². The third kappa shape index (κ3) is 2.74. The minimum absolute atomic E-state index is 0.127. The molecule has 1 aliphatic rings. The van der Waals surface area contributed by atoms with Gasteiger partial charge in [0.15, 0.2) is 0 Å². The highest BCUT2D eigenvalue weighted by atomic mass is 32.2. The summed E-state index contributed by atoms with van der Waals surface area (Å²) in [4.78, 5) is 4.12. The molecule has 0 N–H and O–H groups in total. The van der Waals surface area contributed by atoms with E-state index < -0.39 is 0 Å². The molecule has 0 aromatic rings. The lowest BCUT2D eigenvalue weighted by atomic mass is 10.3. The molecule has 0 saturated carbocycles. The molecule has 0 spiro atoms. The zero-order valence-electron chi connectivity index (χ0n) is 6.64. The summed E-state index contributed by atoms with van der Waals surface area (Å²) in [6.45, 7) is 3.30. The molecule has 59 valence electrons. The maximum atomic E-state index is 4.12. The normalized spacial score (nSPS) is 27.5. The van der Waals surface area contributed by atoms with E-state index in [1.54, 1.807) is 0 Å². The Morgan fingerprint density at radius 3 is 3.00 bits per heavy atom. The van der Waals surface area contributed by atoms with E-state index in [0.29, 0.717) is 0 Å². The molecular weight excluding hydrogens is 142 g/mol. The Bertz CT molecular complexity index is 112. The van der Waals surface area contributed by atoms with E-state index in [0.717, 1.165) is 6.54 Å². The minimum Gasteiger partial charge on any atom is -0.277 e. The third-order valence-corrected chi connectivity index (χ3v) is 3.75. The molecular formula is C8H16NS. The molecule has 0 aromatic heterocycles. The molecule has 0 saturated heterocycles. The molecule has 1 unspecified atom stereocenters. The van der Waals surface area contributed by atoms with Crippen molar-refractivity contribution in [3.63, 3.8) is 0 Å². The smallest absolute Gasteiger partial charge is 0.101 e. The summed E-state index contributed by atoms with van der Waals surface area (Å²) >= 11 is 0. The van der Waals surface area contributed by atoms with E-state index in [4.69, 9.17) is 0 Å². The summed E-state index contributed by atoms with van der Waals surface area (Å²) in [5.41, 5.74) is 3.21. The molecule has 1 nitrogen and oxygen atoms in total. The molecule has 0 fully saturated rings.